The van der Waals surface area contributed by atoms with Crippen LogP contribution in [-0.4, -0.2) is 28.9 Å². The first-order valence-corrected chi connectivity index (χ1v) is 13.3. The number of ether oxygens (including phenoxy) is 1. The monoisotopic (exact) mass is 480 g/mol. The molecule has 1 aromatic heterocycles. The number of hydrogen-bond acceptors (Lipinski definition) is 2. The van der Waals surface area contributed by atoms with Gasteiger partial charge in [-0.15, -0.1) is 0 Å². The molecule has 4 aromatic rings. The molecule has 1 amide bonds. The van der Waals surface area contributed by atoms with Crippen LogP contribution in [0.3, 0.4) is 0 Å². The van der Waals surface area contributed by atoms with E-state index < -0.39 is 0 Å². The van der Waals surface area contributed by atoms with Gasteiger partial charge < -0.3 is 14.6 Å². The number of nitrogens with one attached hydrogen (secondary N) is 1. The first kappa shape index (κ1) is 24.2. The highest BCUT2D eigenvalue weighted by Crippen LogP contribution is 2.36. The number of piperidine rings is 1. The molecule has 0 spiro atoms. The van der Waals surface area contributed by atoms with Crippen molar-refractivity contribution in [3.05, 3.63) is 101 Å². The second-order valence-electron chi connectivity index (χ2n) is 10.1. The van der Waals surface area contributed by atoms with Gasteiger partial charge in [-0.05, 0) is 59.6 Å². The predicted molar refractivity (Wildman–Crippen MR) is 146 cm³/mol. The van der Waals surface area contributed by atoms with Gasteiger partial charge in [-0.3, -0.25) is 4.79 Å². The fourth-order valence-corrected chi connectivity index (χ4v) is 5.35. The number of aromatic nitrogens is 1. The van der Waals surface area contributed by atoms with E-state index in [9.17, 15) is 4.79 Å². The van der Waals surface area contributed by atoms with Crippen LogP contribution in [0, 0.1) is 5.92 Å². The van der Waals surface area contributed by atoms with Gasteiger partial charge in [0.25, 0.3) is 0 Å². The van der Waals surface area contributed by atoms with Crippen LogP contribution in [0.1, 0.15) is 61.3 Å². The fourth-order valence-electron chi connectivity index (χ4n) is 5.35. The number of H-pyrrole nitrogens is 1. The van der Waals surface area contributed by atoms with Crippen LogP contribution in [0.15, 0.2) is 79.0 Å². The zero-order chi connectivity index (χ0) is 24.9. The number of hydrogen-bond donors (Lipinski definition) is 1. The Labute approximate surface area is 214 Å². The van der Waals surface area contributed by atoms with Crippen LogP contribution in [-0.2, 0) is 17.8 Å². The molecule has 0 aliphatic carbocycles. The van der Waals surface area contributed by atoms with Gasteiger partial charge in [-0.1, -0.05) is 74.5 Å². The summed E-state index contributed by atoms with van der Waals surface area (Å²) in [4.78, 5) is 19.1. The maximum absolute atomic E-state index is 13.5. The summed E-state index contributed by atoms with van der Waals surface area (Å²) in [6.07, 6.45) is 5.71. The van der Waals surface area contributed by atoms with Crippen molar-refractivity contribution in [2.45, 2.75) is 52.1 Å². The van der Waals surface area contributed by atoms with Crippen LogP contribution in [0.2, 0.25) is 0 Å². The number of amides is 1. The zero-order valence-corrected chi connectivity index (χ0v) is 21.4. The summed E-state index contributed by atoms with van der Waals surface area (Å²) in [6, 6.07) is 25.0. The minimum atomic E-state index is -0.0435. The molecule has 1 fully saturated rings. The summed E-state index contributed by atoms with van der Waals surface area (Å²) < 4.78 is 6.15. The molecule has 4 heteroatoms. The lowest BCUT2D eigenvalue weighted by Gasteiger charge is -2.31. The highest BCUT2D eigenvalue weighted by Gasteiger charge is 2.27. The molecule has 1 N–H and O–H groups in total. The normalized spacial score (nSPS) is 15.2. The number of rotatable bonds is 8. The number of aryl methyl sites for hydroxylation is 1. The SMILES string of the molecule is CCc1cccc2c(C(CC(=O)N3CCC(C)CC3)c3cccc(OCc4ccccc4)c3)c[nH]c12. The lowest BCUT2D eigenvalue weighted by Crippen LogP contribution is -2.38. The molecule has 1 atom stereocenters. The van der Waals surface area contributed by atoms with Gasteiger partial charge in [0.1, 0.15) is 12.4 Å². The standard InChI is InChI=1S/C32H36N2O2/c1-3-25-11-8-14-28-30(21-33-32(25)28)29(20-31(35)34-17-15-23(2)16-18-34)26-12-7-13-27(19-26)36-22-24-9-5-4-6-10-24/h4-14,19,21,23,29,33H,3,15-18,20,22H2,1-2H3. The number of aromatic amines is 1. The summed E-state index contributed by atoms with van der Waals surface area (Å²) >= 11 is 0. The van der Waals surface area contributed by atoms with E-state index in [0.717, 1.165) is 49.2 Å². The Morgan fingerprint density at radius 3 is 2.58 bits per heavy atom. The van der Waals surface area contributed by atoms with Gasteiger partial charge in [-0.2, -0.15) is 0 Å². The molecule has 1 aliphatic heterocycles. The van der Waals surface area contributed by atoms with Crippen LogP contribution in [0.25, 0.3) is 10.9 Å². The number of para-hydroxylation sites is 1. The third kappa shape index (κ3) is 5.33. The van der Waals surface area contributed by atoms with Crippen LogP contribution in [0.4, 0.5) is 0 Å². The first-order chi connectivity index (χ1) is 17.6. The molecule has 5 rings (SSSR count). The van der Waals surface area contributed by atoms with Crippen molar-refractivity contribution < 1.29 is 9.53 Å². The lowest BCUT2D eigenvalue weighted by molar-refractivity contribution is -0.132. The summed E-state index contributed by atoms with van der Waals surface area (Å²) in [5.41, 5.74) is 5.91. The average molecular weight is 481 g/mol. The number of carbonyl (C=O) groups is 1. The Morgan fingerprint density at radius 1 is 1.03 bits per heavy atom. The molecular weight excluding hydrogens is 444 g/mol. The molecule has 1 unspecified atom stereocenters. The van der Waals surface area contributed by atoms with Gasteiger partial charge in [0.15, 0.2) is 0 Å². The largest absolute Gasteiger partial charge is 0.489 e. The Morgan fingerprint density at radius 2 is 1.81 bits per heavy atom. The van der Waals surface area contributed by atoms with Crippen molar-refractivity contribution in [3.8, 4) is 5.75 Å². The molecule has 36 heavy (non-hydrogen) atoms. The van der Waals surface area contributed by atoms with E-state index in [1.54, 1.807) is 0 Å². The van der Waals surface area contributed by atoms with Gasteiger partial charge in [-0.25, -0.2) is 0 Å². The topological polar surface area (TPSA) is 45.3 Å². The molecule has 2 heterocycles. The second-order valence-corrected chi connectivity index (χ2v) is 10.1. The molecule has 0 radical (unpaired) electrons. The van der Waals surface area contributed by atoms with Crippen molar-refractivity contribution in [1.82, 2.24) is 9.88 Å². The van der Waals surface area contributed by atoms with E-state index in [0.29, 0.717) is 18.9 Å². The second kappa shape index (κ2) is 11.0. The Hall–Kier alpha value is -3.53. The molecule has 186 valence electrons. The minimum absolute atomic E-state index is 0.0435. The first-order valence-electron chi connectivity index (χ1n) is 13.3. The van der Waals surface area contributed by atoms with Crippen molar-refractivity contribution in [3.63, 3.8) is 0 Å². The van der Waals surface area contributed by atoms with Crippen molar-refractivity contribution >= 4 is 16.8 Å². The Kier molecular flexibility index (Phi) is 7.41. The summed E-state index contributed by atoms with van der Waals surface area (Å²) in [5, 5.41) is 1.20. The van der Waals surface area contributed by atoms with E-state index in [-0.39, 0.29) is 11.8 Å². The van der Waals surface area contributed by atoms with E-state index >= 15 is 0 Å². The maximum Gasteiger partial charge on any atom is 0.223 e. The Bertz CT molecular complexity index is 1300. The molecule has 1 saturated heterocycles. The minimum Gasteiger partial charge on any atom is -0.489 e. The molecule has 0 bridgehead atoms. The highest BCUT2D eigenvalue weighted by molar-refractivity contribution is 5.88. The maximum atomic E-state index is 13.5. The summed E-state index contributed by atoms with van der Waals surface area (Å²) in [5.74, 6) is 1.72. The molecule has 0 saturated carbocycles. The average Bonchev–Trinajstić information content (AvgIpc) is 3.35. The van der Waals surface area contributed by atoms with Crippen molar-refractivity contribution in [2.75, 3.05) is 13.1 Å². The van der Waals surface area contributed by atoms with Gasteiger partial charge in [0.05, 0.1) is 0 Å². The smallest absolute Gasteiger partial charge is 0.223 e. The molecule has 1 aliphatic rings. The third-order valence-electron chi connectivity index (χ3n) is 7.61. The van der Waals surface area contributed by atoms with Crippen LogP contribution in [0.5, 0.6) is 5.75 Å². The number of carbonyl (C=O) groups excluding carboxylic acids is 1. The lowest BCUT2D eigenvalue weighted by atomic mass is 9.87. The summed E-state index contributed by atoms with van der Waals surface area (Å²) in [7, 11) is 0. The number of likely N-dealkylation sites (tertiary alicyclic amines) is 1. The number of nitrogens with zero attached hydrogens (tertiary/aromatic N) is 1. The quantitative estimate of drug-likeness (QED) is 0.293. The Balaban J connectivity index is 1.46. The zero-order valence-electron chi connectivity index (χ0n) is 21.4. The number of fused-ring (bicyclic) bond motifs is 1. The van der Waals surface area contributed by atoms with E-state index in [1.165, 1.54) is 22.0 Å². The van der Waals surface area contributed by atoms with E-state index in [1.807, 2.05) is 30.3 Å². The molecular formula is C32H36N2O2. The van der Waals surface area contributed by atoms with Crippen LogP contribution < -0.4 is 4.74 Å². The molecule has 3 aromatic carbocycles. The fraction of sp³-hybridized carbons (Fsp3) is 0.344. The summed E-state index contributed by atoms with van der Waals surface area (Å²) in [6.45, 7) is 6.71. The van der Waals surface area contributed by atoms with E-state index in [2.05, 4.69) is 72.4 Å². The predicted octanol–water partition coefficient (Wildman–Crippen LogP) is 7.09. The van der Waals surface area contributed by atoms with Crippen LogP contribution >= 0.6 is 0 Å². The third-order valence-corrected chi connectivity index (χ3v) is 7.61. The van der Waals surface area contributed by atoms with Gasteiger partial charge in [0, 0.05) is 42.5 Å². The van der Waals surface area contributed by atoms with Crippen molar-refractivity contribution in [2.24, 2.45) is 5.92 Å². The van der Waals surface area contributed by atoms with Gasteiger partial charge in [0.2, 0.25) is 5.91 Å². The van der Waals surface area contributed by atoms with E-state index in [4.69, 9.17) is 4.74 Å². The molecule has 4 nitrogen and oxygen atoms in total. The van der Waals surface area contributed by atoms with Gasteiger partial charge >= 0.3 is 0 Å². The highest BCUT2D eigenvalue weighted by atomic mass is 16.5. The number of benzene rings is 3. The van der Waals surface area contributed by atoms with Crippen molar-refractivity contribution in [1.29, 1.82) is 0 Å².